The molecule has 1 aromatic heterocycles. The van der Waals surface area contributed by atoms with E-state index in [2.05, 4.69) is 10.3 Å². The highest BCUT2D eigenvalue weighted by Crippen LogP contribution is 2.26. The minimum atomic E-state index is -4.17. The standard InChI is InChI=1S/C20H19ClF4N2O/c21-17-6-2-5-16-14(11-27-18(16)17)7-8-26-10-13-3-1-4-15(9-13)28-12-20(24,25)19(22)23/h1-6,9,11,19,26-27H,7-8,10,12H2. The third kappa shape index (κ3) is 4.97. The van der Waals surface area contributed by atoms with Crippen molar-refractivity contribution in [2.24, 2.45) is 0 Å². The van der Waals surface area contributed by atoms with Crippen molar-refractivity contribution >= 4 is 22.5 Å². The van der Waals surface area contributed by atoms with Gasteiger partial charge in [0.25, 0.3) is 0 Å². The summed E-state index contributed by atoms with van der Waals surface area (Å²) in [5, 5.41) is 5.01. The largest absolute Gasteiger partial charge is 0.487 e. The molecule has 3 rings (SSSR count). The van der Waals surface area contributed by atoms with Crippen LogP contribution in [0, 0.1) is 0 Å². The summed E-state index contributed by atoms with van der Waals surface area (Å²) in [5.41, 5.74) is 2.85. The second kappa shape index (κ2) is 8.84. The summed E-state index contributed by atoms with van der Waals surface area (Å²) >= 11 is 6.15. The number of aromatic amines is 1. The normalized spacial score (nSPS) is 12.1. The van der Waals surface area contributed by atoms with E-state index in [0.717, 1.165) is 28.5 Å². The number of fused-ring (bicyclic) bond motifs is 1. The van der Waals surface area contributed by atoms with Gasteiger partial charge in [-0.3, -0.25) is 0 Å². The molecule has 3 aromatic rings. The highest BCUT2D eigenvalue weighted by atomic mass is 35.5. The summed E-state index contributed by atoms with van der Waals surface area (Å²) in [6, 6.07) is 12.2. The Morgan fingerprint density at radius 2 is 1.93 bits per heavy atom. The Kier molecular flexibility index (Phi) is 6.46. The van der Waals surface area contributed by atoms with E-state index in [4.69, 9.17) is 16.3 Å². The van der Waals surface area contributed by atoms with Gasteiger partial charge in [0.05, 0.1) is 10.5 Å². The van der Waals surface area contributed by atoms with Gasteiger partial charge in [-0.15, -0.1) is 0 Å². The number of ether oxygens (including phenoxy) is 1. The fraction of sp³-hybridized carbons (Fsp3) is 0.300. The van der Waals surface area contributed by atoms with Crippen molar-refractivity contribution < 1.29 is 22.3 Å². The zero-order valence-corrected chi connectivity index (χ0v) is 15.6. The van der Waals surface area contributed by atoms with Crippen molar-refractivity contribution in [3.8, 4) is 5.75 Å². The molecule has 28 heavy (non-hydrogen) atoms. The van der Waals surface area contributed by atoms with E-state index in [1.165, 1.54) is 6.07 Å². The number of para-hydroxylation sites is 1. The number of halogens is 5. The SMILES string of the molecule is FC(F)C(F)(F)COc1cccc(CNCCc2c[nH]c3c(Cl)cccc23)c1. The van der Waals surface area contributed by atoms with Crippen molar-refractivity contribution in [3.63, 3.8) is 0 Å². The first kappa shape index (κ1) is 20.5. The Morgan fingerprint density at radius 3 is 2.71 bits per heavy atom. The van der Waals surface area contributed by atoms with Crippen LogP contribution in [-0.4, -0.2) is 30.5 Å². The topological polar surface area (TPSA) is 37.0 Å². The molecule has 0 saturated heterocycles. The summed E-state index contributed by atoms with van der Waals surface area (Å²) < 4.78 is 55.1. The minimum absolute atomic E-state index is 0.130. The Bertz CT molecular complexity index is 929. The molecule has 0 amide bonds. The van der Waals surface area contributed by atoms with E-state index >= 15 is 0 Å². The average molecular weight is 415 g/mol. The van der Waals surface area contributed by atoms with Crippen LogP contribution in [0.3, 0.4) is 0 Å². The average Bonchev–Trinajstić information content (AvgIpc) is 3.08. The first-order valence-electron chi connectivity index (χ1n) is 8.70. The maximum absolute atomic E-state index is 13.0. The fourth-order valence-electron chi connectivity index (χ4n) is 2.83. The van der Waals surface area contributed by atoms with Crippen molar-refractivity contribution in [2.45, 2.75) is 25.3 Å². The lowest BCUT2D eigenvalue weighted by atomic mass is 10.1. The Hall–Kier alpha value is -2.25. The summed E-state index contributed by atoms with van der Waals surface area (Å²) in [4.78, 5) is 3.17. The Morgan fingerprint density at radius 1 is 1.14 bits per heavy atom. The van der Waals surface area contributed by atoms with Crippen LogP contribution in [0.25, 0.3) is 10.9 Å². The zero-order valence-electron chi connectivity index (χ0n) is 14.8. The molecule has 2 aromatic carbocycles. The Labute approximate surface area is 164 Å². The smallest absolute Gasteiger partial charge is 0.340 e. The second-order valence-electron chi connectivity index (χ2n) is 6.40. The van der Waals surface area contributed by atoms with Crippen LogP contribution in [0.15, 0.2) is 48.7 Å². The third-order valence-electron chi connectivity index (χ3n) is 4.30. The number of benzene rings is 2. The quantitative estimate of drug-likeness (QED) is 0.362. The summed E-state index contributed by atoms with van der Waals surface area (Å²) in [6.07, 6.45) is -1.05. The number of H-pyrrole nitrogens is 1. The lowest BCUT2D eigenvalue weighted by Crippen LogP contribution is -2.33. The van der Waals surface area contributed by atoms with Gasteiger partial charge in [-0.05, 0) is 42.3 Å². The van der Waals surface area contributed by atoms with Gasteiger partial charge in [-0.2, -0.15) is 8.78 Å². The molecule has 0 fully saturated rings. The van der Waals surface area contributed by atoms with E-state index in [1.807, 2.05) is 24.4 Å². The van der Waals surface area contributed by atoms with Crippen LogP contribution in [-0.2, 0) is 13.0 Å². The van der Waals surface area contributed by atoms with Gasteiger partial charge in [0.1, 0.15) is 5.75 Å². The van der Waals surface area contributed by atoms with Gasteiger partial charge in [-0.1, -0.05) is 35.9 Å². The molecule has 2 N–H and O–H groups in total. The number of nitrogens with one attached hydrogen (secondary N) is 2. The van der Waals surface area contributed by atoms with Crippen molar-refractivity contribution in [3.05, 3.63) is 64.8 Å². The van der Waals surface area contributed by atoms with Crippen LogP contribution in [0.1, 0.15) is 11.1 Å². The number of alkyl halides is 4. The highest BCUT2D eigenvalue weighted by molar-refractivity contribution is 6.35. The molecule has 0 atom stereocenters. The lowest BCUT2D eigenvalue weighted by Gasteiger charge is -2.16. The molecule has 150 valence electrons. The molecular weight excluding hydrogens is 396 g/mol. The van der Waals surface area contributed by atoms with Crippen LogP contribution < -0.4 is 10.1 Å². The van der Waals surface area contributed by atoms with Crippen molar-refractivity contribution in [1.29, 1.82) is 0 Å². The number of hydrogen-bond donors (Lipinski definition) is 2. The molecular formula is C20H19ClF4N2O. The van der Waals surface area contributed by atoms with E-state index < -0.39 is 19.0 Å². The number of hydrogen-bond acceptors (Lipinski definition) is 2. The van der Waals surface area contributed by atoms with Crippen molar-refractivity contribution in [2.75, 3.05) is 13.2 Å². The molecule has 3 nitrogen and oxygen atoms in total. The van der Waals surface area contributed by atoms with Gasteiger partial charge in [0, 0.05) is 18.1 Å². The molecule has 0 aliphatic heterocycles. The maximum atomic E-state index is 13.0. The van der Waals surface area contributed by atoms with E-state index in [1.54, 1.807) is 18.2 Å². The lowest BCUT2D eigenvalue weighted by molar-refractivity contribution is -0.148. The molecule has 0 spiro atoms. The third-order valence-corrected chi connectivity index (χ3v) is 4.61. The van der Waals surface area contributed by atoms with E-state index in [9.17, 15) is 17.6 Å². The predicted molar refractivity (Wildman–Crippen MR) is 102 cm³/mol. The van der Waals surface area contributed by atoms with Gasteiger partial charge in [0.15, 0.2) is 6.61 Å². The van der Waals surface area contributed by atoms with Crippen molar-refractivity contribution in [1.82, 2.24) is 10.3 Å². The Balaban J connectivity index is 1.50. The molecule has 0 saturated carbocycles. The second-order valence-corrected chi connectivity index (χ2v) is 6.81. The maximum Gasteiger partial charge on any atom is 0.340 e. The molecule has 0 aliphatic rings. The molecule has 0 unspecified atom stereocenters. The monoisotopic (exact) mass is 414 g/mol. The molecule has 0 bridgehead atoms. The first-order chi connectivity index (χ1) is 13.4. The number of aromatic nitrogens is 1. The first-order valence-corrected chi connectivity index (χ1v) is 9.07. The van der Waals surface area contributed by atoms with E-state index in [0.29, 0.717) is 18.1 Å². The van der Waals surface area contributed by atoms with Gasteiger partial charge in [-0.25, -0.2) is 8.78 Å². The van der Waals surface area contributed by atoms with Crippen LogP contribution in [0.4, 0.5) is 17.6 Å². The highest BCUT2D eigenvalue weighted by Gasteiger charge is 2.41. The molecule has 0 radical (unpaired) electrons. The zero-order chi connectivity index (χ0) is 20.1. The minimum Gasteiger partial charge on any atom is -0.487 e. The summed E-state index contributed by atoms with van der Waals surface area (Å²) in [7, 11) is 0. The van der Waals surface area contributed by atoms with Crippen LogP contribution in [0.5, 0.6) is 5.75 Å². The molecule has 1 heterocycles. The van der Waals surface area contributed by atoms with Gasteiger partial charge >= 0.3 is 12.3 Å². The van der Waals surface area contributed by atoms with Crippen LogP contribution in [0.2, 0.25) is 5.02 Å². The van der Waals surface area contributed by atoms with Crippen LogP contribution >= 0.6 is 11.6 Å². The van der Waals surface area contributed by atoms with E-state index in [-0.39, 0.29) is 5.75 Å². The number of rotatable bonds is 9. The fourth-order valence-corrected chi connectivity index (χ4v) is 3.05. The van der Waals surface area contributed by atoms with Gasteiger partial charge in [0.2, 0.25) is 0 Å². The predicted octanol–water partition coefficient (Wildman–Crippen LogP) is 5.43. The summed E-state index contributed by atoms with van der Waals surface area (Å²) in [6.45, 7) is -0.176. The molecule has 8 heteroatoms. The molecule has 0 aliphatic carbocycles. The summed E-state index contributed by atoms with van der Waals surface area (Å²) in [5.74, 6) is -4.04. The van der Waals surface area contributed by atoms with Gasteiger partial charge < -0.3 is 15.0 Å².